The van der Waals surface area contributed by atoms with E-state index in [2.05, 4.69) is 5.32 Å². The third-order valence-corrected chi connectivity index (χ3v) is 5.66. The van der Waals surface area contributed by atoms with Crippen LogP contribution >= 0.6 is 23.2 Å². The maximum Gasteiger partial charge on any atom is 0.261 e. The molecule has 0 aromatic heterocycles. The Morgan fingerprint density at radius 2 is 2.10 bits per heavy atom. The highest BCUT2D eigenvalue weighted by Gasteiger charge is 2.30. The van der Waals surface area contributed by atoms with Gasteiger partial charge in [0.25, 0.3) is 5.91 Å². The van der Waals surface area contributed by atoms with E-state index in [1.807, 2.05) is 0 Å². The molecule has 116 valence electrons. The lowest BCUT2D eigenvalue weighted by molar-refractivity contribution is -0.127. The van der Waals surface area contributed by atoms with E-state index in [1.54, 1.807) is 19.1 Å². The van der Waals surface area contributed by atoms with Crippen molar-refractivity contribution in [3.05, 3.63) is 28.2 Å². The van der Waals surface area contributed by atoms with Gasteiger partial charge < -0.3 is 10.1 Å². The summed E-state index contributed by atoms with van der Waals surface area (Å²) in [5, 5.41) is 3.42. The summed E-state index contributed by atoms with van der Waals surface area (Å²) < 4.78 is 28.2. The van der Waals surface area contributed by atoms with Gasteiger partial charge >= 0.3 is 0 Å². The maximum absolute atomic E-state index is 12.0. The van der Waals surface area contributed by atoms with Crippen LogP contribution < -0.4 is 10.1 Å². The monoisotopic (exact) mass is 351 g/mol. The molecule has 0 bridgehead atoms. The molecule has 2 atom stereocenters. The summed E-state index contributed by atoms with van der Waals surface area (Å²) in [4.78, 5) is 12.0. The first kappa shape index (κ1) is 16.4. The Morgan fingerprint density at radius 1 is 1.38 bits per heavy atom. The highest BCUT2D eigenvalue weighted by molar-refractivity contribution is 7.91. The molecule has 1 N–H and O–H groups in total. The fourth-order valence-electron chi connectivity index (χ4n) is 2.04. The minimum Gasteiger partial charge on any atom is -0.481 e. The minimum atomic E-state index is -3.02. The van der Waals surface area contributed by atoms with Gasteiger partial charge in [0, 0.05) is 12.1 Å². The Kier molecular flexibility index (Phi) is 5.01. The van der Waals surface area contributed by atoms with Crippen LogP contribution in [0.15, 0.2) is 18.2 Å². The fourth-order valence-corrected chi connectivity index (χ4v) is 4.00. The lowest BCUT2D eigenvalue weighted by atomic mass is 10.2. The second-order valence-electron chi connectivity index (χ2n) is 4.94. The van der Waals surface area contributed by atoms with Crippen LogP contribution in [0.1, 0.15) is 13.3 Å². The lowest BCUT2D eigenvalue weighted by Gasteiger charge is -2.17. The Bertz CT molecular complexity index is 648. The van der Waals surface area contributed by atoms with E-state index in [1.165, 1.54) is 6.07 Å². The number of nitrogens with one attached hydrogen (secondary N) is 1. The van der Waals surface area contributed by atoms with Crippen LogP contribution in [0.4, 0.5) is 0 Å². The summed E-state index contributed by atoms with van der Waals surface area (Å²) in [5.41, 5.74) is 0. The van der Waals surface area contributed by atoms with Gasteiger partial charge in [0.15, 0.2) is 15.9 Å². The topological polar surface area (TPSA) is 72.5 Å². The van der Waals surface area contributed by atoms with Gasteiger partial charge in [0.2, 0.25) is 0 Å². The molecule has 21 heavy (non-hydrogen) atoms. The molecule has 1 amide bonds. The Labute approximate surface area is 133 Å². The highest BCUT2D eigenvalue weighted by atomic mass is 35.5. The van der Waals surface area contributed by atoms with E-state index in [0.717, 1.165) is 0 Å². The summed E-state index contributed by atoms with van der Waals surface area (Å²) in [6.45, 7) is 1.58. The second-order valence-corrected chi connectivity index (χ2v) is 7.99. The Morgan fingerprint density at radius 3 is 2.67 bits per heavy atom. The van der Waals surface area contributed by atoms with Gasteiger partial charge in [-0.15, -0.1) is 0 Å². The van der Waals surface area contributed by atoms with Crippen LogP contribution in [-0.2, 0) is 14.6 Å². The second kappa shape index (κ2) is 6.42. The Hall–Kier alpha value is -0.980. The number of rotatable bonds is 4. The number of benzene rings is 1. The van der Waals surface area contributed by atoms with Gasteiger partial charge in [0.1, 0.15) is 5.75 Å². The first-order valence-electron chi connectivity index (χ1n) is 6.39. The van der Waals surface area contributed by atoms with Crippen molar-refractivity contribution in [3.63, 3.8) is 0 Å². The first-order chi connectivity index (χ1) is 9.77. The molecule has 1 aliphatic heterocycles. The number of hydrogen-bond acceptors (Lipinski definition) is 4. The van der Waals surface area contributed by atoms with Crippen molar-refractivity contribution in [3.8, 4) is 5.75 Å². The molecule has 2 rings (SSSR count). The zero-order valence-electron chi connectivity index (χ0n) is 11.3. The maximum atomic E-state index is 12.0. The molecule has 5 nitrogen and oxygen atoms in total. The van der Waals surface area contributed by atoms with Crippen LogP contribution in [-0.4, -0.2) is 38.0 Å². The SMILES string of the molecule is CC(Oc1ccc(Cl)c(Cl)c1)C(=O)NC1CCS(=O)(=O)C1. The van der Waals surface area contributed by atoms with Crippen molar-refractivity contribution >= 4 is 38.9 Å². The zero-order valence-corrected chi connectivity index (χ0v) is 13.6. The standard InChI is InChI=1S/C13H15Cl2NO4S/c1-8(20-10-2-3-11(14)12(15)6-10)13(17)16-9-4-5-21(18,19)7-9/h2-3,6,8-9H,4-5,7H2,1H3,(H,16,17). The fraction of sp³-hybridized carbons (Fsp3) is 0.462. The van der Waals surface area contributed by atoms with Gasteiger partial charge in [0.05, 0.1) is 21.6 Å². The normalized spacial score (nSPS) is 21.8. The van der Waals surface area contributed by atoms with E-state index in [9.17, 15) is 13.2 Å². The summed E-state index contributed by atoms with van der Waals surface area (Å²) in [6, 6.07) is 4.36. The number of sulfone groups is 1. The first-order valence-corrected chi connectivity index (χ1v) is 8.97. The molecular formula is C13H15Cl2NO4S. The van der Waals surface area contributed by atoms with Gasteiger partial charge in [-0.1, -0.05) is 23.2 Å². The third-order valence-electron chi connectivity index (χ3n) is 3.15. The van der Waals surface area contributed by atoms with Crippen molar-refractivity contribution in [1.29, 1.82) is 0 Å². The average molecular weight is 352 g/mol. The van der Waals surface area contributed by atoms with Crippen LogP contribution in [0.5, 0.6) is 5.75 Å². The minimum absolute atomic E-state index is 0.0156. The molecule has 1 heterocycles. The number of amides is 1. The molecule has 2 unspecified atom stereocenters. The van der Waals surface area contributed by atoms with E-state index in [4.69, 9.17) is 27.9 Å². The largest absolute Gasteiger partial charge is 0.481 e. The molecular weight excluding hydrogens is 337 g/mol. The van der Waals surface area contributed by atoms with E-state index in [-0.39, 0.29) is 23.5 Å². The number of ether oxygens (including phenoxy) is 1. The summed E-state index contributed by atoms with van der Waals surface area (Å²) >= 11 is 11.7. The third kappa shape index (κ3) is 4.49. The zero-order chi connectivity index (χ0) is 15.6. The van der Waals surface area contributed by atoms with E-state index >= 15 is 0 Å². The molecule has 1 aliphatic rings. The van der Waals surface area contributed by atoms with Crippen LogP contribution in [0.3, 0.4) is 0 Å². The Balaban J connectivity index is 1.92. The molecule has 1 aromatic rings. The molecule has 1 fully saturated rings. The van der Waals surface area contributed by atoms with E-state index in [0.29, 0.717) is 22.2 Å². The lowest BCUT2D eigenvalue weighted by Crippen LogP contribution is -2.43. The van der Waals surface area contributed by atoms with E-state index < -0.39 is 15.9 Å². The number of carbonyl (C=O) groups excluding carboxylic acids is 1. The van der Waals surface area contributed by atoms with Crippen molar-refractivity contribution in [2.45, 2.75) is 25.5 Å². The predicted octanol–water partition coefficient (Wildman–Crippen LogP) is 2.06. The van der Waals surface area contributed by atoms with Crippen molar-refractivity contribution < 1.29 is 17.9 Å². The van der Waals surface area contributed by atoms with Gasteiger partial charge in [-0.2, -0.15) is 0 Å². The van der Waals surface area contributed by atoms with Crippen LogP contribution in [0, 0.1) is 0 Å². The van der Waals surface area contributed by atoms with Gasteiger partial charge in [-0.05, 0) is 25.5 Å². The quantitative estimate of drug-likeness (QED) is 0.900. The smallest absolute Gasteiger partial charge is 0.261 e. The highest BCUT2D eigenvalue weighted by Crippen LogP contribution is 2.26. The molecule has 1 saturated heterocycles. The molecule has 0 radical (unpaired) electrons. The molecule has 0 saturated carbocycles. The van der Waals surface area contributed by atoms with Crippen LogP contribution in [0.25, 0.3) is 0 Å². The van der Waals surface area contributed by atoms with Crippen molar-refractivity contribution in [1.82, 2.24) is 5.32 Å². The van der Waals surface area contributed by atoms with Crippen LogP contribution in [0.2, 0.25) is 10.0 Å². The van der Waals surface area contributed by atoms with Crippen molar-refractivity contribution in [2.75, 3.05) is 11.5 Å². The summed E-state index contributed by atoms with van der Waals surface area (Å²) in [7, 11) is -3.02. The average Bonchev–Trinajstić information content (AvgIpc) is 2.73. The summed E-state index contributed by atoms with van der Waals surface area (Å²) in [6.07, 6.45) is -0.321. The number of hydrogen-bond donors (Lipinski definition) is 1. The summed E-state index contributed by atoms with van der Waals surface area (Å²) in [5.74, 6) is 0.160. The molecule has 8 heteroatoms. The van der Waals surface area contributed by atoms with Crippen molar-refractivity contribution in [2.24, 2.45) is 0 Å². The molecule has 0 aliphatic carbocycles. The molecule has 0 spiro atoms. The number of halogens is 2. The number of carbonyl (C=O) groups is 1. The van der Waals surface area contributed by atoms with Gasteiger partial charge in [-0.25, -0.2) is 8.42 Å². The predicted molar refractivity (Wildman–Crippen MR) is 81.8 cm³/mol. The van der Waals surface area contributed by atoms with Gasteiger partial charge in [-0.3, -0.25) is 4.79 Å². The molecule has 1 aromatic carbocycles.